The molecule has 150 valence electrons. The molecule has 0 saturated carbocycles. The van der Waals surface area contributed by atoms with Crippen LogP contribution < -0.4 is 5.32 Å². The van der Waals surface area contributed by atoms with Gasteiger partial charge in [0.05, 0.1) is 16.8 Å². The van der Waals surface area contributed by atoms with Crippen molar-refractivity contribution in [3.8, 4) is 0 Å². The maximum Gasteiger partial charge on any atom is 0.243 e. The fraction of sp³-hybridized carbons (Fsp3) is 0.286. The van der Waals surface area contributed by atoms with Gasteiger partial charge in [0, 0.05) is 30.9 Å². The summed E-state index contributed by atoms with van der Waals surface area (Å²) < 4.78 is 27.2. The van der Waals surface area contributed by atoms with Crippen LogP contribution in [-0.4, -0.2) is 40.8 Å². The standard InChI is InChI=1S/C21H23N5O2S/c1-16-6-5-9-20(23-16)25-21-15-22-14-19(24-21)17-10-12-26(13-11-17)29(27,28)18-7-3-2-4-8-18/h2-9,14-15,17H,10-13H2,1H3,(H,23,24,25). The van der Waals surface area contributed by atoms with E-state index in [0.717, 1.165) is 17.2 Å². The van der Waals surface area contributed by atoms with Gasteiger partial charge in [-0.05, 0) is 44.0 Å². The molecule has 1 aromatic carbocycles. The van der Waals surface area contributed by atoms with Crippen LogP contribution in [0.25, 0.3) is 0 Å². The highest BCUT2D eigenvalue weighted by molar-refractivity contribution is 7.89. The molecule has 8 heteroatoms. The average Bonchev–Trinajstić information content (AvgIpc) is 2.75. The Balaban J connectivity index is 1.44. The summed E-state index contributed by atoms with van der Waals surface area (Å²) in [4.78, 5) is 13.8. The van der Waals surface area contributed by atoms with Crippen molar-refractivity contribution in [1.29, 1.82) is 0 Å². The first-order chi connectivity index (χ1) is 14.0. The van der Waals surface area contributed by atoms with Crippen LogP contribution in [0.4, 0.5) is 11.6 Å². The monoisotopic (exact) mass is 409 g/mol. The molecule has 0 radical (unpaired) electrons. The summed E-state index contributed by atoms with van der Waals surface area (Å²) in [6, 6.07) is 14.3. The third-order valence-electron chi connectivity index (χ3n) is 5.05. The Kier molecular flexibility index (Phi) is 5.55. The van der Waals surface area contributed by atoms with Crippen LogP contribution in [0.2, 0.25) is 0 Å². The average molecular weight is 410 g/mol. The van der Waals surface area contributed by atoms with Crippen LogP contribution in [0, 0.1) is 6.92 Å². The van der Waals surface area contributed by atoms with E-state index in [1.165, 1.54) is 0 Å². The minimum absolute atomic E-state index is 0.178. The molecule has 1 N–H and O–H groups in total. The van der Waals surface area contributed by atoms with Crippen molar-refractivity contribution in [2.24, 2.45) is 0 Å². The molecule has 0 spiro atoms. The molecule has 1 saturated heterocycles. The van der Waals surface area contributed by atoms with Crippen LogP contribution in [0.5, 0.6) is 0 Å². The van der Waals surface area contributed by atoms with E-state index in [1.54, 1.807) is 41.0 Å². The van der Waals surface area contributed by atoms with Gasteiger partial charge in [-0.1, -0.05) is 24.3 Å². The molecule has 0 amide bonds. The van der Waals surface area contributed by atoms with Crippen molar-refractivity contribution in [3.63, 3.8) is 0 Å². The van der Waals surface area contributed by atoms with Crippen LogP contribution in [-0.2, 0) is 10.0 Å². The number of benzene rings is 1. The van der Waals surface area contributed by atoms with E-state index in [-0.39, 0.29) is 5.92 Å². The third-order valence-corrected chi connectivity index (χ3v) is 6.96. The number of sulfonamides is 1. The zero-order valence-electron chi connectivity index (χ0n) is 16.2. The van der Waals surface area contributed by atoms with Gasteiger partial charge in [0.2, 0.25) is 10.0 Å². The molecule has 3 heterocycles. The number of pyridine rings is 1. The summed E-state index contributed by atoms with van der Waals surface area (Å²) >= 11 is 0. The van der Waals surface area contributed by atoms with Crippen LogP contribution in [0.3, 0.4) is 0 Å². The van der Waals surface area contributed by atoms with E-state index in [9.17, 15) is 8.42 Å². The zero-order chi connectivity index (χ0) is 20.3. The lowest BCUT2D eigenvalue weighted by atomic mass is 9.95. The first kappa shape index (κ1) is 19.5. The van der Waals surface area contributed by atoms with Crippen molar-refractivity contribution in [2.75, 3.05) is 18.4 Å². The molecule has 0 bridgehead atoms. The summed E-state index contributed by atoms with van der Waals surface area (Å²) in [5.41, 5.74) is 1.80. The second-order valence-electron chi connectivity index (χ2n) is 7.11. The molecule has 4 rings (SSSR count). The Bertz CT molecular complexity index is 1080. The molecular formula is C21H23N5O2S. The number of aryl methyl sites for hydroxylation is 1. The first-order valence-electron chi connectivity index (χ1n) is 9.60. The van der Waals surface area contributed by atoms with Crippen molar-refractivity contribution in [3.05, 3.63) is 72.3 Å². The molecule has 29 heavy (non-hydrogen) atoms. The SMILES string of the molecule is Cc1cccc(Nc2cncc(C3CCN(S(=O)(=O)c4ccccc4)CC3)n2)n1. The third kappa shape index (κ3) is 4.44. The second-order valence-corrected chi connectivity index (χ2v) is 9.05. The van der Waals surface area contributed by atoms with Gasteiger partial charge >= 0.3 is 0 Å². The first-order valence-corrected chi connectivity index (χ1v) is 11.0. The smallest absolute Gasteiger partial charge is 0.243 e. The summed E-state index contributed by atoms with van der Waals surface area (Å²) in [7, 11) is -3.44. The molecule has 2 aromatic heterocycles. The largest absolute Gasteiger partial charge is 0.324 e. The lowest BCUT2D eigenvalue weighted by Crippen LogP contribution is -2.38. The molecule has 0 unspecified atom stereocenters. The summed E-state index contributed by atoms with van der Waals surface area (Å²) in [6.07, 6.45) is 4.86. The van der Waals surface area contributed by atoms with E-state index in [1.807, 2.05) is 31.2 Å². The summed E-state index contributed by atoms with van der Waals surface area (Å²) in [5, 5.41) is 3.19. The number of anilines is 2. The quantitative estimate of drug-likeness (QED) is 0.694. The molecule has 3 aromatic rings. The number of aromatic nitrogens is 3. The van der Waals surface area contributed by atoms with Gasteiger partial charge in [0.25, 0.3) is 0 Å². The molecule has 7 nitrogen and oxygen atoms in total. The summed E-state index contributed by atoms with van der Waals surface area (Å²) in [5.74, 6) is 1.54. The van der Waals surface area contributed by atoms with Crippen molar-refractivity contribution >= 4 is 21.7 Å². The highest BCUT2D eigenvalue weighted by Gasteiger charge is 2.30. The predicted octanol–water partition coefficient (Wildman–Crippen LogP) is 3.49. The lowest BCUT2D eigenvalue weighted by Gasteiger charge is -2.30. The Labute approximate surface area is 170 Å². The van der Waals surface area contributed by atoms with Crippen molar-refractivity contribution in [2.45, 2.75) is 30.6 Å². The molecule has 0 atom stereocenters. The van der Waals surface area contributed by atoms with E-state index in [4.69, 9.17) is 0 Å². The minimum atomic E-state index is -3.44. The topological polar surface area (TPSA) is 88.1 Å². The van der Waals surface area contributed by atoms with Gasteiger partial charge < -0.3 is 5.32 Å². The molecule has 1 aliphatic heterocycles. The lowest BCUT2D eigenvalue weighted by molar-refractivity contribution is 0.316. The van der Waals surface area contributed by atoms with Gasteiger partial charge in [0.1, 0.15) is 11.6 Å². The van der Waals surface area contributed by atoms with Crippen molar-refractivity contribution in [1.82, 2.24) is 19.3 Å². The van der Waals surface area contributed by atoms with Gasteiger partial charge in [-0.25, -0.2) is 18.4 Å². The number of piperidine rings is 1. The maximum atomic E-state index is 12.8. The van der Waals surface area contributed by atoms with E-state index < -0.39 is 10.0 Å². The number of hydrogen-bond donors (Lipinski definition) is 1. The van der Waals surface area contributed by atoms with Gasteiger partial charge in [0.15, 0.2) is 0 Å². The number of hydrogen-bond acceptors (Lipinski definition) is 6. The Morgan fingerprint density at radius 2 is 1.69 bits per heavy atom. The highest BCUT2D eigenvalue weighted by Crippen LogP contribution is 2.30. The van der Waals surface area contributed by atoms with Crippen LogP contribution >= 0.6 is 0 Å². The zero-order valence-corrected chi connectivity index (χ0v) is 17.0. The van der Waals surface area contributed by atoms with Crippen LogP contribution in [0.15, 0.2) is 65.8 Å². The minimum Gasteiger partial charge on any atom is -0.324 e. The second kappa shape index (κ2) is 8.26. The fourth-order valence-electron chi connectivity index (χ4n) is 3.52. The van der Waals surface area contributed by atoms with Gasteiger partial charge in [-0.2, -0.15) is 4.31 Å². The Morgan fingerprint density at radius 3 is 2.41 bits per heavy atom. The Hall–Kier alpha value is -2.84. The Morgan fingerprint density at radius 1 is 0.931 bits per heavy atom. The predicted molar refractivity (Wildman–Crippen MR) is 111 cm³/mol. The van der Waals surface area contributed by atoms with E-state index in [2.05, 4.69) is 20.3 Å². The highest BCUT2D eigenvalue weighted by atomic mass is 32.2. The molecular weight excluding hydrogens is 386 g/mol. The normalized spacial score (nSPS) is 15.9. The van der Waals surface area contributed by atoms with Gasteiger partial charge in [-0.3, -0.25) is 4.98 Å². The number of rotatable bonds is 5. The molecule has 0 aliphatic carbocycles. The van der Waals surface area contributed by atoms with Crippen LogP contribution in [0.1, 0.15) is 30.1 Å². The molecule has 1 fully saturated rings. The van der Waals surface area contributed by atoms with E-state index >= 15 is 0 Å². The maximum absolute atomic E-state index is 12.8. The summed E-state index contributed by atoms with van der Waals surface area (Å²) in [6.45, 7) is 2.88. The molecule has 1 aliphatic rings. The van der Waals surface area contributed by atoms with Crippen molar-refractivity contribution < 1.29 is 8.42 Å². The number of nitrogens with zero attached hydrogens (tertiary/aromatic N) is 4. The van der Waals surface area contributed by atoms with E-state index in [0.29, 0.717) is 36.6 Å². The number of nitrogens with one attached hydrogen (secondary N) is 1. The van der Waals surface area contributed by atoms with Gasteiger partial charge in [-0.15, -0.1) is 0 Å². The fourth-order valence-corrected chi connectivity index (χ4v) is 5.01.